The van der Waals surface area contributed by atoms with Crippen LogP contribution in [0.2, 0.25) is 0 Å². The zero-order chi connectivity index (χ0) is 19.6. The van der Waals surface area contributed by atoms with E-state index in [0.717, 1.165) is 38.0 Å². The van der Waals surface area contributed by atoms with Gasteiger partial charge in [-0.25, -0.2) is 0 Å². The molecule has 3 aliphatic rings. The van der Waals surface area contributed by atoms with Crippen LogP contribution >= 0.6 is 0 Å². The lowest BCUT2D eigenvalue weighted by atomic mass is 9.72. The van der Waals surface area contributed by atoms with Crippen molar-refractivity contribution in [2.75, 3.05) is 0 Å². The maximum Gasteiger partial charge on any atom is 0.310 e. The van der Waals surface area contributed by atoms with Gasteiger partial charge in [0.25, 0.3) is 0 Å². The Balaban J connectivity index is 1.77. The van der Waals surface area contributed by atoms with Crippen LogP contribution in [-0.4, -0.2) is 23.6 Å². The minimum atomic E-state index is -0.531. The fraction of sp³-hybridized carbons (Fsp3) is 0.913. The second kappa shape index (κ2) is 8.53. The van der Waals surface area contributed by atoms with Crippen LogP contribution in [0.5, 0.6) is 0 Å². The third-order valence-electron chi connectivity index (χ3n) is 6.94. The van der Waals surface area contributed by atoms with E-state index < -0.39 is 5.60 Å². The smallest absolute Gasteiger partial charge is 0.310 e. The van der Waals surface area contributed by atoms with Gasteiger partial charge in [0, 0.05) is 0 Å². The Hall–Kier alpha value is -1.06. The molecule has 0 aromatic rings. The normalized spacial score (nSPS) is 30.7. The summed E-state index contributed by atoms with van der Waals surface area (Å²) < 4.78 is 11.7. The van der Waals surface area contributed by atoms with Gasteiger partial charge in [0.15, 0.2) is 0 Å². The standard InChI is InChI=1S/C23H38O4/c1-5-18(21(24)27-23(2,3)4)20(19-14-15-11-12-16(19)13-15)22(25)26-17-9-7-6-8-10-17/h15-20H,5-14H2,1-4H3. The summed E-state index contributed by atoms with van der Waals surface area (Å²) in [4.78, 5) is 26.3. The Labute approximate surface area is 164 Å². The number of esters is 2. The molecule has 0 aliphatic heterocycles. The lowest BCUT2D eigenvalue weighted by Gasteiger charge is -2.35. The zero-order valence-corrected chi connectivity index (χ0v) is 17.7. The van der Waals surface area contributed by atoms with Crippen LogP contribution in [0.3, 0.4) is 0 Å². The van der Waals surface area contributed by atoms with Crippen LogP contribution in [0.1, 0.15) is 91.9 Å². The number of rotatable bonds is 6. The molecule has 0 N–H and O–H groups in total. The number of carbonyl (C=O) groups is 2. The van der Waals surface area contributed by atoms with Gasteiger partial charge in [0.1, 0.15) is 11.7 Å². The first-order chi connectivity index (χ1) is 12.8. The van der Waals surface area contributed by atoms with Gasteiger partial charge in [0.2, 0.25) is 0 Å². The summed E-state index contributed by atoms with van der Waals surface area (Å²) in [5, 5.41) is 0. The summed E-state index contributed by atoms with van der Waals surface area (Å²) in [5.74, 6) is 0.538. The molecular weight excluding hydrogens is 340 g/mol. The number of hydrogen-bond donors (Lipinski definition) is 0. The molecule has 4 nitrogen and oxygen atoms in total. The largest absolute Gasteiger partial charge is 0.462 e. The third kappa shape index (κ3) is 5.06. The van der Waals surface area contributed by atoms with Gasteiger partial charge in [-0.2, -0.15) is 0 Å². The van der Waals surface area contributed by atoms with E-state index in [2.05, 4.69) is 0 Å². The van der Waals surface area contributed by atoms with Gasteiger partial charge in [-0.3, -0.25) is 9.59 Å². The number of carbonyl (C=O) groups excluding carboxylic acids is 2. The maximum atomic E-state index is 13.3. The maximum absolute atomic E-state index is 13.3. The average Bonchev–Trinajstić information content (AvgIpc) is 3.21. The van der Waals surface area contributed by atoms with E-state index in [1.54, 1.807) is 0 Å². The first-order valence-corrected chi connectivity index (χ1v) is 11.2. The summed E-state index contributed by atoms with van der Waals surface area (Å²) in [6.07, 6.45) is 10.9. The van der Waals surface area contributed by atoms with Crippen LogP contribution in [0.25, 0.3) is 0 Å². The lowest BCUT2D eigenvalue weighted by molar-refractivity contribution is -0.174. The predicted molar refractivity (Wildman–Crippen MR) is 105 cm³/mol. The molecular formula is C23H38O4. The highest BCUT2D eigenvalue weighted by atomic mass is 16.6. The monoisotopic (exact) mass is 378 g/mol. The van der Waals surface area contributed by atoms with E-state index in [4.69, 9.17) is 9.47 Å². The van der Waals surface area contributed by atoms with Crippen molar-refractivity contribution in [2.24, 2.45) is 29.6 Å². The lowest BCUT2D eigenvalue weighted by Crippen LogP contribution is -2.42. The highest BCUT2D eigenvalue weighted by molar-refractivity contribution is 5.82. The van der Waals surface area contributed by atoms with Crippen molar-refractivity contribution in [3.8, 4) is 0 Å². The van der Waals surface area contributed by atoms with Crippen molar-refractivity contribution in [1.29, 1.82) is 0 Å². The van der Waals surface area contributed by atoms with Gasteiger partial charge in [-0.05, 0) is 89.9 Å². The van der Waals surface area contributed by atoms with Crippen LogP contribution in [-0.2, 0) is 19.1 Å². The fourth-order valence-corrected chi connectivity index (χ4v) is 5.74. The van der Waals surface area contributed by atoms with E-state index in [0.29, 0.717) is 12.3 Å². The number of fused-ring (bicyclic) bond motifs is 2. The molecule has 0 aromatic carbocycles. The Morgan fingerprint density at radius 1 is 0.963 bits per heavy atom. The fourth-order valence-electron chi connectivity index (χ4n) is 5.74. The van der Waals surface area contributed by atoms with E-state index in [9.17, 15) is 9.59 Å². The molecule has 27 heavy (non-hydrogen) atoms. The van der Waals surface area contributed by atoms with E-state index in [-0.39, 0.29) is 35.8 Å². The van der Waals surface area contributed by atoms with Gasteiger partial charge < -0.3 is 9.47 Å². The summed E-state index contributed by atoms with van der Waals surface area (Å²) in [6, 6.07) is 0. The Bertz CT molecular complexity index is 529. The van der Waals surface area contributed by atoms with Crippen molar-refractivity contribution < 1.29 is 19.1 Å². The summed E-state index contributed by atoms with van der Waals surface area (Å²) in [7, 11) is 0. The Morgan fingerprint density at radius 2 is 1.67 bits per heavy atom. The first-order valence-electron chi connectivity index (χ1n) is 11.2. The van der Waals surface area contributed by atoms with Crippen molar-refractivity contribution in [1.82, 2.24) is 0 Å². The molecule has 154 valence electrons. The molecule has 0 heterocycles. The molecule has 3 aliphatic carbocycles. The molecule has 4 heteroatoms. The summed E-state index contributed by atoms with van der Waals surface area (Å²) in [6.45, 7) is 7.68. The van der Waals surface area contributed by atoms with Gasteiger partial charge in [-0.15, -0.1) is 0 Å². The molecule has 3 rings (SSSR count). The second-order valence-corrected chi connectivity index (χ2v) is 10.1. The minimum absolute atomic E-state index is 0.0449. The second-order valence-electron chi connectivity index (χ2n) is 10.1. The van der Waals surface area contributed by atoms with E-state index >= 15 is 0 Å². The van der Waals surface area contributed by atoms with Crippen molar-refractivity contribution in [2.45, 2.75) is 104 Å². The summed E-state index contributed by atoms with van der Waals surface area (Å²) >= 11 is 0. The SMILES string of the molecule is CCC(C(=O)OC(C)(C)C)C(C(=O)OC1CCCCC1)C1CC2CCC1C2. The van der Waals surface area contributed by atoms with Crippen molar-refractivity contribution >= 4 is 11.9 Å². The van der Waals surface area contributed by atoms with E-state index in [1.165, 1.54) is 25.7 Å². The molecule has 0 saturated heterocycles. The van der Waals surface area contributed by atoms with Crippen molar-refractivity contribution in [3.63, 3.8) is 0 Å². The molecule has 2 bridgehead atoms. The van der Waals surface area contributed by atoms with Gasteiger partial charge in [0.05, 0.1) is 11.8 Å². The van der Waals surface area contributed by atoms with Gasteiger partial charge >= 0.3 is 11.9 Å². The van der Waals surface area contributed by atoms with Crippen LogP contribution < -0.4 is 0 Å². The average molecular weight is 379 g/mol. The van der Waals surface area contributed by atoms with Crippen LogP contribution in [0.4, 0.5) is 0 Å². The molecule has 0 amide bonds. The first kappa shape index (κ1) is 20.7. The molecule has 5 atom stereocenters. The van der Waals surface area contributed by atoms with Gasteiger partial charge in [-0.1, -0.05) is 19.8 Å². The highest BCUT2D eigenvalue weighted by Crippen LogP contribution is 2.53. The third-order valence-corrected chi connectivity index (χ3v) is 6.94. The zero-order valence-electron chi connectivity index (χ0n) is 17.7. The topological polar surface area (TPSA) is 52.6 Å². The molecule has 3 fully saturated rings. The minimum Gasteiger partial charge on any atom is -0.462 e. The quantitative estimate of drug-likeness (QED) is 0.590. The van der Waals surface area contributed by atoms with Crippen LogP contribution in [0.15, 0.2) is 0 Å². The number of ether oxygens (including phenoxy) is 2. The highest BCUT2D eigenvalue weighted by Gasteiger charge is 2.50. The van der Waals surface area contributed by atoms with Crippen LogP contribution in [0, 0.1) is 29.6 Å². The molecule has 0 radical (unpaired) electrons. The molecule has 3 saturated carbocycles. The molecule has 0 spiro atoms. The Kier molecular flexibility index (Phi) is 6.53. The Morgan fingerprint density at radius 3 is 2.19 bits per heavy atom. The summed E-state index contributed by atoms with van der Waals surface area (Å²) in [5.41, 5.74) is -0.531. The number of hydrogen-bond acceptors (Lipinski definition) is 4. The predicted octanol–water partition coefficient (Wildman–Crippen LogP) is 5.28. The molecule has 0 aromatic heterocycles. The van der Waals surface area contributed by atoms with Crippen molar-refractivity contribution in [3.05, 3.63) is 0 Å². The molecule has 5 unspecified atom stereocenters. The van der Waals surface area contributed by atoms with E-state index in [1.807, 2.05) is 27.7 Å².